The second-order valence-corrected chi connectivity index (χ2v) is 5.81. The van der Waals surface area contributed by atoms with E-state index >= 15 is 0 Å². The Morgan fingerprint density at radius 1 is 1.04 bits per heavy atom. The van der Waals surface area contributed by atoms with Crippen molar-refractivity contribution < 1.29 is 14.2 Å². The Labute approximate surface area is 150 Å². The molecule has 0 atom stereocenters. The first-order chi connectivity index (χ1) is 11.7. The molecule has 128 valence electrons. The number of nitrogens with zero attached hydrogens (tertiary/aromatic N) is 1. The molecular formula is C18H21BrN2O3. The standard InChI is InChI=1S/C18H21BrN2O3/c1-4-24-16-8-6-15(19)10-14(16)12-21-20-11-13-5-7-17(22-2)18(9-13)23-3/h5-10,12,20H,4,11H2,1-3H3/b21-12-. The van der Waals surface area contributed by atoms with Crippen molar-refractivity contribution >= 4 is 22.1 Å². The molecule has 0 aliphatic heterocycles. The first kappa shape index (κ1) is 18.1. The van der Waals surface area contributed by atoms with Crippen LogP contribution < -0.4 is 19.6 Å². The molecule has 2 aromatic carbocycles. The largest absolute Gasteiger partial charge is 0.493 e. The smallest absolute Gasteiger partial charge is 0.161 e. The van der Waals surface area contributed by atoms with Gasteiger partial charge in [0, 0.05) is 10.0 Å². The zero-order chi connectivity index (χ0) is 17.4. The molecule has 6 heteroatoms. The van der Waals surface area contributed by atoms with E-state index in [4.69, 9.17) is 14.2 Å². The molecule has 5 nitrogen and oxygen atoms in total. The summed E-state index contributed by atoms with van der Waals surface area (Å²) in [7, 11) is 3.24. The molecule has 0 unspecified atom stereocenters. The zero-order valence-corrected chi connectivity index (χ0v) is 15.6. The van der Waals surface area contributed by atoms with E-state index in [9.17, 15) is 0 Å². The van der Waals surface area contributed by atoms with E-state index in [1.807, 2.05) is 43.3 Å². The lowest BCUT2D eigenvalue weighted by Gasteiger charge is -2.09. The van der Waals surface area contributed by atoms with Crippen LogP contribution in [-0.4, -0.2) is 27.0 Å². The summed E-state index contributed by atoms with van der Waals surface area (Å²) in [5.41, 5.74) is 4.98. The van der Waals surface area contributed by atoms with Gasteiger partial charge in [-0.15, -0.1) is 0 Å². The predicted molar refractivity (Wildman–Crippen MR) is 99.3 cm³/mol. The van der Waals surface area contributed by atoms with Gasteiger partial charge in [0.2, 0.25) is 0 Å². The molecule has 0 amide bonds. The Hall–Kier alpha value is -2.21. The molecule has 0 radical (unpaired) electrons. The van der Waals surface area contributed by atoms with Gasteiger partial charge in [0.15, 0.2) is 11.5 Å². The van der Waals surface area contributed by atoms with Crippen LogP contribution in [0.4, 0.5) is 0 Å². The minimum atomic E-state index is 0.578. The van der Waals surface area contributed by atoms with E-state index in [-0.39, 0.29) is 0 Å². The summed E-state index contributed by atoms with van der Waals surface area (Å²) in [5, 5.41) is 4.27. The quantitative estimate of drug-likeness (QED) is 0.544. The van der Waals surface area contributed by atoms with Crippen molar-refractivity contribution in [3.63, 3.8) is 0 Å². The summed E-state index contributed by atoms with van der Waals surface area (Å²) < 4.78 is 17.1. The lowest BCUT2D eigenvalue weighted by atomic mass is 10.2. The third kappa shape index (κ3) is 4.89. The van der Waals surface area contributed by atoms with Crippen molar-refractivity contribution in [1.82, 2.24) is 5.43 Å². The molecule has 0 aliphatic carbocycles. The monoisotopic (exact) mass is 392 g/mol. The maximum atomic E-state index is 5.59. The van der Waals surface area contributed by atoms with Gasteiger partial charge in [-0.2, -0.15) is 5.10 Å². The van der Waals surface area contributed by atoms with E-state index in [1.54, 1.807) is 20.4 Å². The Bertz CT molecular complexity index is 705. The van der Waals surface area contributed by atoms with E-state index in [2.05, 4.69) is 26.5 Å². The molecule has 0 aromatic heterocycles. The van der Waals surface area contributed by atoms with Gasteiger partial charge in [0.05, 0.1) is 33.6 Å². The number of hydrogen-bond donors (Lipinski definition) is 1. The van der Waals surface area contributed by atoms with Crippen molar-refractivity contribution in [1.29, 1.82) is 0 Å². The number of hydrazone groups is 1. The fraction of sp³-hybridized carbons (Fsp3) is 0.278. The van der Waals surface area contributed by atoms with Crippen molar-refractivity contribution in [2.45, 2.75) is 13.5 Å². The van der Waals surface area contributed by atoms with Crippen molar-refractivity contribution in [2.75, 3.05) is 20.8 Å². The van der Waals surface area contributed by atoms with Gasteiger partial charge in [-0.3, -0.25) is 0 Å². The lowest BCUT2D eigenvalue weighted by molar-refractivity contribution is 0.339. The minimum Gasteiger partial charge on any atom is -0.493 e. The van der Waals surface area contributed by atoms with E-state index < -0.39 is 0 Å². The molecule has 0 saturated heterocycles. The summed E-state index contributed by atoms with van der Waals surface area (Å²) in [6.45, 7) is 3.15. The van der Waals surface area contributed by atoms with Crippen molar-refractivity contribution in [2.24, 2.45) is 5.10 Å². The van der Waals surface area contributed by atoms with Crippen LogP contribution in [0.2, 0.25) is 0 Å². The van der Waals surface area contributed by atoms with Crippen LogP contribution in [0.5, 0.6) is 17.2 Å². The third-order valence-electron chi connectivity index (χ3n) is 3.30. The number of ether oxygens (including phenoxy) is 3. The Morgan fingerprint density at radius 2 is 1.79 bits per heavy atom. The highest BCUT2D eigenvalue weighted by atomic mass is 79.9. The van der Waals surface area contributed by atoms with E-state index in [1.165, 1.54) is 0 Å². The number of methoxy groups -OCH3 is 2. The topological polar surface area (TPSA) is 52.1 Å². The highest BCUT2D eigenvalue weighted by molar-refractivity contribution is 9.10. The maximum Gasteiger partial charge on any atom is 0.161 e. The number of benzene rings is 2. The minimum absolute atomic E-state index is 0.578. The van der Waals surface area contributed by atoms with Gasteiger partial charge < -0.3 is 19.6 Å². The summed E-state index contributed by atoms with van der Waals surface area (Å²) in [6, 6.07) is 11.6. The molecule has 24 heavy (non-hydrogen) atoms. The van der Waals surface area contributed by atoms with Gasteiger partial charge in [0.1, 0.15) is 5.75 Å². The SMILES string of the molecule is CCOc1ccc(Br)cc1/C=N\NCc1ccc(OC)c(OC)c1. The van der Waals surface area contributed by atoms with Gasteiger partial charge >= 0.3 is 0 Å². The van der Waals surface area contributed by atoms with Crippen LogP contribution >= 0.6 is 15.9 Å². The van der Waals surface area contributed by atoms with Crippen LogP contribution in [0.1, 0.15) is 18.1 Å². The Morgan fingerprint density at radius 3 is 2.50 bits per heavy atom. The Kier molecular flexibility index (Phi) is 6.93. The maximum absolute atomic E-state index is 5.59. The highest BCUT2D eigenvalue weighted by Crippen LogP contribution is 2.27. The number of hydrogen-bond acceptors (Lipinski definition) is 5. The van der Waals surface area contributed by atoms with Crippen LogP contribution in [0.15, 0.2) is 46.0 Å². The third-order valence-corrected chi connectivity index (χ3v) is 3.79. The van der Waals surface area contributed by atoms with Gasteiger partial charge in [-0.25, -0.2) is 0 Å². The molecule has 1 N–H and O–H groups in total. The average Bonchev–Trinajstić information content (AvgIpc) is 2.60. The van der Waals surface area contributed by atoms with Crippen molar-refractivity contribution in [3.8, 4) is 17.2 Å². The summed E-state index contributed by atoms with van der Waals surface area (Å²) in [5.74, 6) is 2.21. The molecule has 0 aliphatic rings. The van der Waals surface area contributed by atoms with Crippen LogP contribution in [0, 0.1) is 0 Å². The number of rotatable bonds is 8. The molecule has 2 aromatic rings. The highest BCUT2D eigenvalue weighted by Gasteiger charge is 2.04. The fourth-order valence-corrected chi connectivity index (χ4v) is 2.53. The summed E-state index contributed by atoms with van der Waals surface area (Å²) >= 11 is 3.46. The van der Waals surface area contributed by atoms with Crippen LogP contribution in [-0.2, 0) is 6.54 Å². The molecule has 0 bridgehead atoms. The first-order valence-corrected chi connectivity index (χ1v) is 8.36. The predicted octanol–water partition coefficient (Wildman–Crippen LogP) is 3.99. The van der Waals surface area contributed by atoms with Gasteiger partial charge in [0.25, 0.3) is 0 Å². The average molecular weight is 393 g/mol. The molecule has 2 rings (SSSR count). The van der Waals surface area contributed by atoms with Crippen LogP contribution in [0.25, 0.3) is 0 Å². The van der Waals surface area contributed by atoms with Gasteiger partial charge in [-0.05, 0) is 42.8 Å². The van der Waals surface area contributed by atoms with E-state index in [0.717, 1.165) is 21.3 Å². The Balaban J connectivity index is 2.01. The lowest BCUT2D eigenvalue weighted by Crippen LogP contribution is -2.06. The molecule has 0 heterocycles. The number of nitrogens with one attached hydrogen (secondary N) is 1. The fourth-order valence-electron chi connectivity index (χ4n) is 2.15. The van der Waals surface area contributed by atoms with Crippen molar-refractivity contribution in [3.05, 3.63) is 52.0 Å². The second-order valence-electron chi connectivity index (χ2n) is 4.90. The molecular weight excluding hydrogens is 372 g/mol. The summed E-state index contributed by atoms with van der Waals surface area (Å²) in [6.07, 6.45) is 1.75. The van der Waals surface area contributed by atoms with E-state index in [0.29, 0.717) is 24.7 Å². The zero-order valence-electron chi connectivity index (χ0n) is 14.0. The normalized spacial score (nSPS) is 10.7. The molecule has 0 saturated carbocycles. The van der Waals surface area contributed by atoms with Gasteiger partial charge in [-0.1, -0.05) is 22.0 Å². The first-order valence-electron chi connectivity index (χ1n) is 7.57. The number of halogens is 1. The van der Waals surface area contributed by atoms with Crippen LogP contribution in [0.3, 0.4) is 0 Å². The second kappa shape index (κ2) is 9.17. The molecule has 0 fully saturated rings. The summed E-state index contributed by atoms with van der Waals surface area (Å²) in [4.78, 5) is 0. The molecule has 0 spiro atoms.